The van der Waals surface area contributed by atoms with E-state index in [1.165, 1.54) is 0 Å². The third-order valence-electron chi connectivity index (χ3n) is 2.34. The summed E-state index contributed by atoms with van der Waals surface area (Å²) in [6.07, 6.45) is 1.93. The highest BCUT2D eigenvalue weighted by molar-refractivity contribution is 7.32. The van der Waals surface area contributed by atoms with E-state index in [4.69, 9.17) is 25.8 Å². The lowest BCUT2D eigenvalue weighted by atomic mass is 9.94. The molecule has 1 unspecified atom stereocenters. The SMILES string of the molecule is CCC(CC)(CCOCCl)O[P+](=O)O. The molecule has 0 aromatic carbocycles. The van der Waals surface area contributed by atoms with E-state index in [1.54, 1.807) is 0 Å². The van der Waals surface area contributed by atoms with Gasteiger partial charge in [0.25, 0.3) is 0 Å². The van der Waals surface area contributed by atoms with Crippen molar-refractivity contribution in [3.63, 3.8) is 0 Å². The third-order valence-corrected chi connectivity index (χ3v) is 3.04. The maximum absolute atomic E-state index is 10.6. The fourth-order valence-corrected chi connectivity index (χ4v) is 2.05. The molecule has 0 saturated carbocycles. The van der Waals surface area contributed by atoms with Crippen LogP contribution in [0.5, 0.6) is 0 Å². The number of halogens is 1. The maximum Gasteiger partial charge on any atom is 0.695 e. The summed E-state index contributed by atoms with van der Waals surface area (Å²) < 4.78 is 20.6. The molecule has 0 fully saturated rings. The number of hydrogen-bond donors (Lipinski definition) is 1. The fraction of sp³-hybridized carbons (Fsp3) is 1.00. The molecule has 14 heavy (non-hydrogen) atoms. The van der Waals surface area contributed by atoms with Gasteiger partial charge < -0.3 is 4.74 Å². The first-order chi connectivity index (χ1) is 6.60. The molecule has 1 N–H and O–H groups in total. The van der Waals surface area contributed by atoms with Crippen LogP contribution in [0.3, 0.4) is 0 Å². The second-order valence-electron chi connectivity index (χ2n) is 2.99. The van der Waals surface area contributed by atoms with E-state index in [1.807, 2.05) is 13.8 Å². The normalized spacial score (nSPS) is 13.0. The molecule has 0 rings (SSSR count). The Morgan fingerprint density at radius 3 is 2.36 bits per heavy atom. The molecule has 4 nitrogen and oxygen atoms in total. The molecule has 6 heteroatoms. The fourth-order valence-electron chi connectivity index (χ4n) is 1.26. The third kappa shape index (κ3) is 5.23. The van der Waals surface area contributed by atoms with Crippen molar-refractivity contribution in [1.82, 2.24) is 0 Å². The first-order valence-corrected chi connectivity index (χ1v) is 6.25. The van der Waals surface area contributed by atoms with Crippen LogP contribution in [-0.2, 0) is 13.8 Å². The van der Waals surface area contributed by atoms with E-state index in [-0.39, 0.29) is 6.07 Å². The summed E-state index contributed by atoms with van der Waals surface area (Å²) in [4.78, 5) is 8.73. The predicted octanol–water partition coefficient (Wildman–Crippen LogP) is 2.81. The van der Waals surface area contributed by atoms with Gasteiger partial charge in [0.1, 0.15) is 11.7 Å². The Morgan fingerprint density at radius 1 is 1.43 bits per heavy atom. The second kappa shape index (κ2) is 7.55. The van der Waals surface area contributed by atoms with Gasteiger partial charge >= 0.3 is 8.25 Å². The van der Waals surface area contributed by atoms with Crippen LogP contribution in [0.15, 0.2) is 0 Å². The molecule has 0 spiro atoms. The Labute approximate surface area is 90.5 Å². The van der Waals surface area contributed by atoms with Gasteiger partial charge in [0, 0.05) is 11.0 Å². The predicted molar refractivity (Wildman–Crippen MR) is 55.5 cm³/mol. The Hall–Kier alpha value is 0.270. The number of alkyl halides is 1. The van der Waals surface area contributed by atoms with Gasteiger partial charge in [-0.15, -0.1) is 9.42 Å². The van der Waals surface area contributed by atoms with Gasteiger partial charge in [-0.2, -0.15) is 0 Å². The van der Waals surface area contributed by atoms with E-state index < -0.39 is 13.9 Å². The second-order valence-corrected chi connectivity index (χ2v) is 3.86. The van der Waals surface area contributed by atoms with Gasteiger partial charge in [0.05, 0.1) is 6.61 Å². The largest absolute Gasteiger partial charge is 0.695 e. The smallest absolute Gasteiger partial charge is 0.366 e. The van der Waals surface area contributed by atoms with Crippen molar-refractivity contribution in [3.8, 4) is 0 Å². The highest BCUT2D eigenvalue weighted by Gasteiger charge is 2.36. The Balaban J connectivity index is 4.14. The molecular formula is C8H17ClO4P+. The molecule has 84 valence electrons. The van der Waals surface area contributed by atoms with E-state index in [2.05, 4.69) is 0 Å². The molecule has 0 bridgehead atoms. The Morgan fingerprint density at radius 2 is 2.00 bits per heavy atom. The summed E-state index contributed by atoms with van der Waals surface area (Å²) in [7, 11) is -2.56. The van der Waals surface area contributed by atoms with Gasteiger partial charge in [-0.25, -0.2) is 0 Å². The van der Waals surface area contributed by atoms with Gasteiger partial charge in [-0.1, -0.05) is 25.4 Å². The zero-order valence-electron chi connectivity index (χ0n) is 8.53. The van der Waals surface area contributed by atoms with Crippen molar-refractivity contribution >= 4 is 19.9 Å². The summed E-state index contributed by atoms with van der Waals surface area (Å²) in [5, 5.41) is 0. The van der Waals surface area contributed by atoms with Gasteiger partial charge in [-0.3, -0.25) is 0 Å². The number of ether oxygens (including phenoxy) is 1. The zero-order chi connectivity index (χ0) is 11.0. The number of rotatable bonds is 8. The minimum atomic E-state index is -2.56. The molecule has 0 aliphatic carbocycles. The van der Waals surface area contributed by atoms with E-state index in [0.29, 0.717) is 25.9 Å². The van der Waals surface area contributed by atoms with Gasteiger partial charge in [0.15, 0.2) is 0 Å². The van der Waals surface area contributed by atoms with Crippen LogP contribution in [0, 0.1) is 0 Å². The van der Waals surface area contributed by atoms with Crippen LogP contribution in [-0.4, -0.2) is 23.2 Å². The van der Waals surface area contributed by atoms with Crippen molar-refractivity contribution in [3.05, 3.63) is 0 Å². The average molecular weight is 244 g/mol. The maximum atomic E-state index is 10.6. The molecule has 0 aromatic rings. The monoisotopic (exact) mass is 243 g/mol. The summed E-state index contributed by atoms with van der Waals surface area (Å²) in [6, 6.07) is 0.134. The molecule has 0 aliphatic heterocycles. The van der Waals surface area contributed by atoms with Gasteiger partial charge in [0.2, 0.25) is 0 Å². The first kappa shape index (κ1) is 14.3. The van der Waals surface area contributed by atoms with E-state index in [0.717, 1.165) is 0 Å². The highest BCUT2D eigenvalue weighted by Crippen LogP contribution is 2.34. The first-order valence-electron chi connectivity index (χ1n) is 4.59. The van der Waals surface area contributed by atoms with Crippen LogP contribution in [0.25, 0.3) is 0 Å². The molecule has 0 saturated heterocycles. The van der Waals surface area contributed by atoms with Crippen LogP contribution >= 0.6 is 19.9 Å². The summed E-state index contributed by atoms with van der Waals surface area (Å²) >= 11 is 5.35. The van der Waals surface area contributed by atoms with E-state index >= 15 is 0 Å². The van der Waals surface area contributed by atoms with Gasteiger partial charge in [-0.05, 0) is 12.8 Å². The standard InChI is InChI=1S/C8H16ClO4P/c1-3-8(4-2,13-14(10)11)5-6-12-7-9/h3-7H2,1-2H3/p+1. The van der Waals surface area contributed by atoms with Crippen molar-refractivity contribution < 1.29 is 18.7 Å². The summed E-state index contributed by atoms with van der Waals surface area (Å²) in [5.41, 5.74) is -0.561. The van der Waals surface area contributed by atoms with Crippen LogP contribution in [0.2, 0.25) is 0 Å². The molecule has 0 aliphatic rings. The lowest BCUT2D eigenvalue weighted by Gasteiger charge is -2.23. The van der Waals surface area contributed by atoms with Crippen LogP contribution < -0.4 is 0 Å². The topological polar surface area (TPSA) is 55.8 Å². The summed E-state index contributed by atoms with van der Waals surface area (Å²) in [5.74, 6) is 0. The quantitative estimate of drug-likeness (QED) is 0.405. The summed E-state index contributed by atoms with van der Waals surface area (Å²) in [6.45, 7) is 4.28. The molecular weight excluding hydrogens is 227 g/mol. The Bertz CT molecular complexity index is 173. The highest BCUT2D eigenvalue weighted by atomic mass is 35.5. The molecule has 0 heterocycles. The number of hydrogen-bond acceptors (Lipinski definition) is 3. The molecule has 1 atom stereocenters. The van der Waals surface area contributed by atoms with Crippen LogP contribution in [0.1, 0.15) is 33.1 Å². The van der Waals surface area contributed by atoms with Crippen molar-refractivity contribution in [1.29, 1.82) is 0 Å². The molecule has 0 aromatic heterocycles. The van der Waals surface area contributed by atoms with Crippen molar-refractivity contribution in [2.24, 2.45) is 0 Å². The van der Waals surface area contributed by atoms with Crippen LogP contribution in [0.4, 0.5) is 0 Å². The van der Waals surface area contributed by atoms with E-state index in [9.17, 15) is 4.57 Å². The lowest BCUT2D eigenvalue weighted by molar-refractivity contribution is 0.0202. The zero-order valence-corrected chi connectivity index (χ0v) is 10.2. The van der Waals surface area contributed by atoms with Crippen molar-refractivity contribution in [2.45, 2.75) is 38.7 Å². The molecule has 0 radical (unpaired) electrons. The minimum absolute atomic E-state index is 0.134. The lowest BCUT2D eigenvalue weighted by Crippen LogP contribution is -2.30. The van der Waals surface area contributed by atoms with Crippen molar-refractivity contribution in [2.75, 3.05) is 12.7 Å². The Kier molecular flexibility index (Phi) is 7.69. The molecule has 0 amide bonds. The average Bonchev–Trinajstić information content (AvgIpc) is 2.16. The minimum Gasteiger partial charge on any atom is -0.366 e.